The number of imidazole rings is 1. The lowest BCUT2D eigenvalue weighted by molar-refractivity contribution is 0.102. The van der Waals surface area contributed by atoms with Gasteiger partial charge in [-0.05, 0) is 56.2 Å². The Morgan fingerprint density at radius 2 is 1.71 bits per heavy atom. The summed E-state index contributed by atoms with van der Waals surface area (Å²) < 4.78 is 29.1. The zero-order chi connectivity index (χ0) is 23.7. The highest BCUT2D eigenvalue weighted by Gasteiger charge is 2.25. The lowest BCUT2D eigenvalue weighted by Gasteiger charge is -2.20. The van der Waals surface area contributed by atoms with Crippen LogP contribution in [0.2, 0.25) is 0 Å². The van der Waals surface area contributed by atoms with Crippen molar-refractivity contribution in [1.29, 1.82) is 0 Å². The predicted molar refractivity (Wildman–Crippen MR) is 130 cm³/mol. The van der Waals surface area contributed by atoms with E-state index >= 15 is 0 Å². The molecule has 0 spiro atoms. The van der Waals surface area contributed by atoms with Gasteiger partial charge in [-0.25, -0.2) is 13.4 Å². The van der Waals surface area contributed by atoms with Crippen molar-refractivity contribution in [2.45, 2.75) is 37.5 Å². The fourth-order valence-corrected chi connectivity index (χ4v) is 5.70. The van der Waals surface area contributed by atoms with Crippen molar-refractivity contribution in [3.8, 4) is 5.95 Å². The Bertz CT molecular complexity index is 1400. The van der Waals surface area contributed by atoms with Gasteiger partial charge in [-0.15, -0.1) is 0 Å². The molecule has 10 heteroatoms. The molecule has 3 heterocycles. The molecule has 0 aliphatic carbocycles. The largest absolute Gasteiger partial charge is 0.322 e. The first kappa shape index (κ1) is 22.3. The molecule has 0 atom stereocenters. The summed E-state index contributed by atoms with van der Waals surface area (Å²) in [5.74, 6) is 0.585. The van der Waals surface area contributed by atoms with E-state index in [2.05, 4.69) is 20.4 Å². The number of carbonyl (C=O) groups is 1. The van der Waals surface area contributed by atoms with E-state index in [9.17, 15) is 13.2 Å². The molecule has 2 aromatic carbocycles. The van der Waals surface area contributed by atoms with E-state index in [-0.39, 0.29) is 10.8 Å². The average molecular weight is 479 g/mol. The maximum absolute atomic E-state index is 13.0. The molecule has 0 bridgehead atoms. The molecule has 2 N–H and O–H groups in total. The average Bonchev–Trinajstić information content (AvgIpc) is 3.30. The van der Waals surface area contributed by atoms with Crippen molar-refractivity contribution in [2.75, 3.05) is 18.4 Å². The third-order valence-corrected chi connectivity index (χ3v) is 7.88. The summed E-state index contributed by atoms with van der Waals surface area (Å²) in [4.78, 5) is 20.9. The first-order chi connectivity index (χ1) is 16.4. The number of benzene rings is 2. The molecule has 1 amide bonds. The zero-order valence-corrected chi connectivity index (χ0v) is 19.7. The number of aromatic nitrogens is 4. The van der Waals surface area contributed by atoms with E-state index in [0.29, 0.717) is 30.4 Å². The maximum Gasteiger partial charge on any atom is 0.256 e. The van der Waals surface area contributed by atoms with Gasteiger partial charge in [-0.1, -0.05) is 25.0 Å². The van der Waals surface area contributed by atoms with Crippen LogP contribution in [-0.4, -0.2) is 51.5 Å². The predicted octanol–water partition coefficient (Wildman–Crippen LogP) is 3.87. The standard InChI is InChI=1S/C24H26N6O3S/c1-17-16-22(30(28-17)24-25-20-8-4-5-9-21(20)26-24)27-23(31)18-10-12-19(13-11-18)34(32,33)29-14-6-2-3-7-15-29/h4-5,8-13,16H,2-3,6-7,14-15H2,1H3,(H,25,26)(H,27,31). The van der Waals surface area contributed by atoms with E-state index in [1.807, 2.05) is 31.2 Å². The summed E-state index contributed by atoms with van der Waals surface area (Å²) in [6.07, 6.45) is 3.85. The second-order valence-electron chi connectivity index (χ2n) is 8.46. The molecule has 1 aliphatic heterocycles. The van der Waals surface area contributed by atoms with E-state index in [1.54, 1.807) is 15.1 Å². The number of sulfonamides is 1. The molecule has 0 unspecified atom stereocenters. The molecule has 176 valence electrons. The third kappa shape index (κ3) is 4.34. The Balaban J connectivity index is 1.36. The number of amides is 1. The van der Waals surface area contributed by atoms with Gasteiger partial charge in [0.1, 0.15) is 5.82 Å². The SMILES string of the molecule is Cc1cc(NC(=O)c2ccc(S(=O)(=O)N3CCCCCC3)cc2)n(-c2nc3ccccc3[nH]2)n1. The summed E-state index contributed by atoms with van der Waals surface area (Å²) in [5.41, 5.74) is 2.73. The van der Waals surface area contributed by atoms with Gasteiger partial charge in [-0.3, -0.25) is 4.79 Å². The van der Waals surface area contributed by atoms with Gasteiger partial charge < -0.3 is 10.3 Å². The summed E-state index contributed by atoms with van der Waals surface area (Å²) in [6, 6.07) is 15.5. The second-order valence-corrected chi connectivity index (χ2v) is 10.4. The van der Waals surface area contributed by atoms with Crippen LogP contribution in [0.15, 0.2) is 59.5 Å². The summed E-state index contributed by atoms with van der Waals surface area (Å²) in [7, 11) is -3.56. The number of H-pyrrole nitrogens is 1. The molecule has 9 nitrogen and oxygen atoms in total. The van der Waals surface area contributed by atoms with Crippen LogP contribution in [0, 0.1) is 6.92 Å². The molecular weight excluding hydrogens is 452 g/mol. The number of aryl methyl sites for hydroxylation is 1. The Hall–Kier alpha value is -3.50. The Labute approximate surface area is 197 Å². The van der Waals surface area contributed by atoms with Crippen LogP contribution >= 0.6 is 0 Å². The van der Waals surface area contributed by atoms with Crippen LogP contribution < -0.4 is 5.32 Å². The van der Waals surface area contributed by atoms with Gasteiger partial charge in [-0.2, -0.15) is 14.1 Å². The van der Waals surface area contributed by atoms with Gasteiger partial charge in [0.15, 0.2) is 0 Å². The first-order valence-corrected chi connectivity index (χ1v) is 12.8. The topological polar surface area (TPSA) is 113 Å². The van der Waals surface area contributed by atoms with Gasteiger partial charge in [0, 0.05) is 24.7 Å². The van der Waals surface area contributed by atoms with Gasteiger partial charge in [0.2, 0.25) is 16.0 Å². The molecule has 1 saturated heterocycles. The number of fused-ring (bicyclic) bond motifs is 1. The third-order valence-electron chi connectivity index (χ3n) is 5.97. The van der Waals surface area contributed by atoms with Crippen LogP contribution in [0.4, 0.5) is 5.82 Å². The maximum atomic E-state index is 13.0. The minimum Gasteiger partial charge on any atom is -0.322 e. The quantitative estimate of drug-likeness (QED) is 0.452. The minimum absolute atomic E-state index is 0.203. The summed E-state index contributed by atoms with van der Waals surface area (Å²) >= 11 is 0. The lowest BCUT2D eigenvalue weighted by atomic mass is 10.2. The summed E-state index contributed by atoms with van der Waals surface area (Å²) in [6.45, 7) is 2.91. The van der Waals surface area contributed by atoms with Crippen molar-refractivity contribution in [1.82, 2.24) is 24.1 Å². The molecule has 5 rings (SSSR count). The Morgan fingerprint density at radius 1 is 1.00 bits per heavy atom. The molecule has 0 saturated carbocycles. The number of carbonyl (C=O) groups excluding carboxylic acids is 1. The molecule has 1 aliphatic rings. The van der Waals surface area contributed by atoms with Crippen LogP contribution in [0.5, 0.6) is 0 Å². The first-order valence-electron chi connectivity index (χ1n) is 11.4. The van der Waals surface area contributed by atoms with Crippen LogP contribution in [0.1, 0.15) is 41.7 Å². The van der Waals surface area contributed by atoms with Gasteiger partial charge >= 0.3 is 0 Å². The van der Waals surface area contributed by atoms with Crippen molar-refractivity contribution in [3.05, 3.63) is 65.9 Å². The number of hydrogen-bond acceptors (Lipinski definition) is 5. The van der Waals surface area contributed by atoms with Gasteiger partial charge in [0.25, 0.3) is 5.91 Å². The highest BCUT2D eigenvalue weighted by atomic mass is 32.2. The number of rotatable bonds is 5. The molecule has 34 heavy (non-hydrogen) atoms. The molecule has 4 aromatic rings. The van der Waals surface area contributed by atoms with Crippen LogP contribution in [0.3, 0.4) is 0 Å². The van der Waals surface area contributed by atoms with Crippen LogP contribution in [0.25, 0.3) is 17.0 Å². The van der Waals surface area contributed by atoms with Crippen molar-refractivity contribution in [2.24, 2.45) is 0 Å². The molecular formula is C24H26N6O3S. The fourth-order valence-electron chi connectivity index (χ4n) is 4.19. The number of nitrogens with one attached hydrogen (secondary N) is 2. The van der Waals surface area contributed by atoms with E-state index in [0.717, 1.165) is 42.4 Å². The van der Waals surface area contributed by atoms with E-state index < -0.39 is 10.0 Å². The number of nitrogens with zero attached hydrogens (tertiary/aromatic N) is 4. The van der Waals surface area contributed by atoms with Crippen molar-refractivity contribution >= 4 is 32.8 Å². The number of para-hydroxylation sites is 2. The molecule has 0 radical (unpaired) electrons. The summed E-state index contributed by atoms with van der Waals surface area (Å²) in [5, 5.41) is 7.31. The van der Waals surface area contributed by atoms with E-state index in [4.69, 9.17) is 0 Å². The monoisotopic (exact) mass is 478 g/mol. The van der Waals surface area contributed by atoms with E-state index in [1.165, 1.54) is 24.3 Å². The Kier molecular flexibility index (Phi) is 5.93. The number of hydrogen-bond donors (Lipinski definition) is 2. The molecule has 1 fully saturated rings. The number of anilines is 1. The Morgan fingerprint density at radius 3 is 2.41 bits per heavy atom. The fraction of sp³-hybridized carbons (Fsp3) is 0.292. The molecule has 2 aromatic heterocycles. The zero-order valence-electron chi connectivity index (χ0n) is 18.9. The normalized spacial score (nSPS) is 15.3. The van der Waals surface area contributed by atoms with Crippen molar-refractivity contribution in [3.63, 3.8) is 0 Å². The lowest BCUT2D eigenvalue weighted by Crippen LogP contribution is -2.31. The van der Waals surface area contributed by atoms with Gasteiger partial charge in [0.05, 0.1) is 21.6 Å². The second kappa shape index (κ2) is 9.03. The highest BCUT2D eigenvalue weighted by molar-refractivity contribution is 7.89. The minimum atomic E-state index is -3.56. The van der Waals surface area contributed by atoms with Crippen molar-refractivity contribution < 1.29 is 13.2 Å². The number of aromatic amines is 1. The smallest absolute Gasteiger partial charge is 0.256 e. The highest BCUT2D eigenvalue weighted by Crippen LogP contribution is 2.22. The van der Waals surface area contributed by atoms with Crippen LogP contribution in [-0.2, 0) is 10.0 Å².